The molecule has 11 heteroatoms. The SMILES string of the molecule is O=C(O)c1ccc(S(=O)(=O)N(Cc2ccc(OC(F)(F)F)cc2)c2sc3ccccc3c2C2CCC2)cc1. The lowest BCUT2D eigenvalue weighted by molar-refractivity contribution is -0.274. The number of hydrogen-bond donors (Lipinski definition) is 1. The van der Waals surface area contributed by atoms with Gasteiger partial charge in [0, 0.05) is 4.70 Å². The van der Waals surface area contributed by atoms with Crippen molar-refractivity contribution in [1.82, 2.24) is 0 Å². The van der Waals surface area contributed by atoms with Crippen molar-refractivity contribution in [3.63, 3.8) is 0 Å². The zero-order valence-corrected chi connectivity index (χ0v) is 21.4. The Balaban J connectivity index is 1.61. The standard InChI is InChI=1S/C27H22F3NO5S2/c28-27(29,30)36-20-12-8-17(9-13-20)16-31(38(34,35)21-14-10-19(11-15-21)26(32)33)25-24(18-4-3-5-18)22-6-1-2-7-23(22)37-25/h1-2,6-15,18H,3-5,16H2,(H,32,33). The van der Waals surface area contributed by atoms with Crippen molar-refractivity contribution in [2.24, 2.45) is 0 Å². The highest BCUT2D eigenvalue weighted by Gasteiger charge is 2.34. The molecule has 0 bridgehead atoms. The number of benzene rings is 3. The minimum atomic E-state index is -4.84. The summed E-state index contributed by atoms with van der Waals surface area (Å²) >= 11 is 1.35. The number of ether oxygens (including phenoxy) is 1. The molecule has 1 fully saturated rings. The quantitative estimate of drug-likeness (QED) is 0.247. The van der Waals surface area contributed by atoms with Gasteiger partial charge in [0.15, 0.2) is 0 Å². The van der Waals surface area contributed by atoms with Crippen LogP contribution < -0.4 is 9.04 Å². The van der Waals surface area contributed by atoms with Crippen LogP contribution in [0.3, 0.4) is 0 Å². The summed E-state index contributed by atoms with van der Waals surface area (Å²) in [5.41, 5.74) is 1.36. The largest absolute Gasteiger partial charge is 0.573 e. The van der Waals surface area contributed by atoms with E-state index in [9.17, 15) is 31.5 Å². The predicted molar refractivity (Wildman–Crippen MR) is 138 cm³/mol. The number of anilines is 1. The van der Waals surface area contributed by atoms with Gasteiger partial charge in [0.05, 0.1) is 17.0 Å². The number of carbonyl (C=O) groups is 1. The van der Waals surface area contributed by atoms with Crippen LogP contribution >= 0.6 is 11.3 Å². The van der Waals surface area contributed by atoms with Crippen LogP contribution in [0.5, 0.6) is 5.75 Å². The van der Waals surface area contributed by atoms with Gasteiger partial charge in [-0.2, -0.15) is 0 Å². The molecule has 4 aromatic rings. The highest BCUT2D eigenvalue weighted by atomic mass is 32.2. The zero-order chi connectivity index (χ0) is 27.1. The number of halogens is 3. The summed E-state index contributed by atoms with van der Waals surface area (Å²) in [6, 6.07) is 17.7. The molecule has 1 aromatic heterocycles. The van der Waals surface area contributed by atoms with Crippen LogP contribution in [0.25, 0.3) is 10.1 Å². The second kappa shape index (κ2) is 9.95. The number of carboxylic acid groups (broad SMARTS) is 1. The minimum Gasteiger partial charge on any atom is -0.478 e. The second-order valence-electron chi connectivity index (χ2n) is 8.98. The lowest BCUT2D eigenvalue weighted by atomic mass is 9.79. The van der Waals surface area contributed by atoms with Gasteiger partial charge < -0.3 is 9.84 Å². The molecule has 0 saturated heterocycles. The molecular weight excluding hydrogens is 539 g/mol. The highest BCUT2D eigenvalue weighted by Crippen LogP contribution is 2.50. The third-order valence-corrected chi connectivity index (χ3v) is 9.61. The third-order valence-electron chi connectivity index (χ3n) is 6.53. The van der Waals surface area contributed by atoms with E-state index in [0.29, 0.717) is 10.6 Å². The van der Waals surface area contributed by atoms with Crippen LogP contribution in [0.2, 0.25) is 0 Å². The first kappa shape index (κ1) is 26.1. The Morgan fingerprint density at radius 2 is 1.66 bits per heavy atom. The molecule has 0 aliphatic heterocycles. The molecule has 1 saturated carbocycles. The smallest absolute Gasteiger partial charge is 0.478 e. The average Bonchev–Trinajstić information content (AvgIpc) is 3.20. The van der Waals surface area contributed by atoms with Crippen LogP contribution in [-0.2, 0) is 16.6 Å². The summed E-state index contributed by atoms with van der Waals surface area (Å²) < 4.78 is 72.1. The molecule has 0 amide bonds. The maximum absolute atomic E-state index is 14.0. The Morgan fingerprint density at radius 1 is 1.00 bits per heavy atom. The van der Waals surface area contributed by atoms with E-state index in [1.807, 2.05) is 24.3 Å². The van der Waals surface area contributed by atoms with Crippen LogP contribution in [0.1, 0.15) is 46.7 Å². The van der Waals surface area contributed by atoms with E-state index in [2.05, 4.69) is 4.74 Å². The van der Waals surface area contributed by atoms with Crippen molar-refractivity contribution >= 4 is 42.4 Å². The van der Waals surface area contributed by atoms with Gasteiger partial charge in [-0.05, 0) is 77.7 Å². The van der Waals surface area contributed by atoms with Crippen LogP contribution in [-0.4, -0.2) is 25.9 Å². The predicted octanol–water partition coefficient (Wildman–Crippen LogP) is 7.16. The summed E-state index contributed by atoms with van der Waals surface area (Å²) in [4.78, 5) is 11.2. The monoisotopic (exact) mass is 561 g/mol. The normalized spacial score (nSPS) is 14.3. The van der Waals surface area contributed by atoms with Gasteiger partial charge in [-0.3, -0.25) is 4.31 Å². The molecular formula is C27H22F3NO5S2. The lowest BCUT2D eigenvalue weighted by Crippen LogP contribution is -2.31. The van der Waals surface area contributed by atoms with E-state index >= 15 is 0 Å². The van der Waals surface area contributed by atoms with Crippen LogP contribution in [0.4, 0.5) is 18.2 Å². The number of carboxylic acids is 1. The third kappa shape index (κ3) is 5.21. The van der Waals surface area contributed by atoms with Crippen molar-refractivity contribution < 1.29 is 36.2 Å². The van der Waals surface area contributed by atoms with E-state index < -0.39 is 28.1 Å². The maximum Gasteiger partial charge on any atom is 0.573 e. The molecule has 198 valence electrons. The van der Waals surface area contributed by atoms with Crippen molar-refractivity contribution in [2.75, 3.05) is 4.31 Å². The molecule has 38 heavy (non-hydrogen) atoms. The zero-order valence-electron chi connectivity index (χ0n) is 19.8. The number of alkyl halides is 3. The number of fused-ring (bicyclic) bond motifs is 1. The highest BCUT2D eigenvalue weighted by molar-refractivity contribution is 7.93. The molecule has 1 N–H and O–H groups in total. The Hall–Kier alpha value is -3.57. The Bertz CT molecular complexity index is 1580. The number of nitrogens with zero attached hydrogens (tertiary/aromatic N) is 1. The summed E-state index contributed by atoms with van der Waals surface area (Å²) in [6.07, 6.45) is -1.94. The molecule has 0 radical (unpaired) electrons. The van der Waals surface area contributed by atoms with E-state index in [0.717, 1.165) is 47.0 Å². The minimum absolute atomic E-state index is 0.0484. The summed E-state index contributed by atoms with van der Waals surface area (Å²) in [5.74, 6) is -1.39. The van der Waals surface area contributed by atoms with Gasteiger partial charge in [-0.15, -0.1) is 24.5 Å². The molecule has 6 nitrogen and oxygen atoms in total. The van der Waals surface area contributed by atoms with Gasteiger partial charge in [0.25, 0.3) is 10.0 Å². The van der Waals surface area contributed by atoms with Crippen molar-refractivity contribution in [1.29, 1.82) is 0 Å². The summed E-state index contributed by atoms with van der Waals surface area (Å²) in [6.45, 7) is -0.137. The van der Waals surface area contributed by atoms with E-state index in [-0.39, 0.29) is 22.9 Å². The molecule has 1 heterocycles. The van der Waals surface area contributed by atoms with Crippen molar-refractivity contribution in [2.45, 2.75) is 43.0 Å². The lowest BCUT2D eigenvalue weighted by Gasteiger charge is -2.31. The summed E-state index contributed by atoms with van der Waals surface area (Å²) in [5, 5.41) is 10.8. The van der Waals surface area contributed by atoms with Gasteiger partial charge in [0.2, 0.25) is 0 Å². The molecule has 0 unspecified atom stereocenters. The Kier molecular flexibility index (Phi) is 6.83. The molecule has 1 aliphatic rings. The maximum atomic E-state index is 14.0. The number of thiophene rings is 1. The number of aromatic carboxylic acids is 1. The fraction of sp³-hybridized carbons (Fsp3) is 0.222. The molecule has 5 rings (SSSR count). The molecule has 3 aromatic carbocycles. The topological polar surface area (TPSA) is 83.9 Å². The summed E-state index contributed by atoms with van der Waals surface area (Å²) in [7, 11) is -4.18. The fourth-order valence-electron chi connectivity index (χ4n) is 4.45. The van der Waals surface area contributed by atoms with Crippen LogP contribution in [0.15, 0.2) is 77.7 Å². The van der Waals surface area contributed by atoms with Crippen molar-refractivity contribution in [3.8, 4) is 5.75 Å². The first-order valence-corrected chi connectivity index (χ1v) is 14.0. The van der Waals surface area contributed by atoms with Crippen molar-refractivity contribution in [3.05, 3.63) is 89.5 Å². The van der Waals surface area contributed by atoms with Gasteiger partial charge in [0.1, 0.15) is 10.8 Å². The Morgan fingerprint density at radius 3 is 2.24 bits per heavy atom. The van der Waals surface area contributed by atoms with Gasteiger partial charge in [-0.25, -0.2) is 13.2 Å². The number of sulfonamides is 1. The Labute approximate surface area is 221 Å². The fourth-order valence-corrected chi connectivity index (χ4v) is 7.43. The first-order chi connectivity index (χ1) is 18.0. The van der Waals surface area contributed by atoms with Crippen LogP contribution in [0, 0.1) is 0 Å². The van der Waals surface area contributed by atoms with E-state index in [1.54, 1.807) is 0 Å². The average molecular weight is 562 g/mol. The van der Waals surface area contributed by atoms with Gasteiger partial charge in [-0.1, -0.05) is 36.8 Å². The number of hydrogen-bond acceptors (Lipinski definition) is 5. The van der Waals surface area contributed by atoms with E-state index in [4.69, 9.17) is 0 Å². The molecule has 0 spiro atoms. The van der Waals surface area contributed by atoms with Gasteiger partial charge >= 0.3 is 12.3 Å². The first-order valence-electron chi connectivity index (χ1n) is 11.7. The molecule has 0 atom stereocenters. The number of rotatable bonds is 8. The second-order valence-corrected chi connectivity index (χ2v) is 11.9. The molecule has 1 aliphatic carbocycles. The van der Waals surface area contributed by atoms with E-state index in [1.165, 1.54) is 52.0 Å².